The number of amides is 1. The molecule has 0 N–H and O–H groups in total. The van der Waals surface area contributed by atoms with Crippen molar-refractivity contribution in [3.63, 3.8) is 0 Å². The normalized spacial score (nSPS) is 23.1. The third-order valence-corrected chi connectivity index (χ3v) is 5.20. The molecule has 138 valence electrons. The zero-order valence-corrected chi connectivity index (χ0v) is 15.0. The number of halogens is 1. The lowest BCUT2D eigenvalue weighted by atomic mass is 9.88. The van der Waals surface area contributed by atoms with E-state index >= 15 is 0 Å². The molecule has 1 spiro atoms. The highest BCUT2D eigenvalue weighted by Gasteiger charge is 2.43. The second-order valence-electron chi connectivity index (χ2n) is 7.32. The maximum Gasteiger partial charge on any atom is 0.248 e. The molecule has 0 saturated carbocycles. The molecule has 0 aromatic heterocycles. The van der Waals surface area contributed by atoms with Crippen LogP contribution in [0.1, 0.15) is 24.8 Å². The third-order valence-electron chi connectivity index (χ3n) is 5.20. The number of likely N-dealkylation sites (N-methyl/N-ethyl adjacent to an activating group) is 1. The summed E-state index contributed by atoms with van der Waals surface area (Å²) in [6, 6.07) is 6.71. The van der Waals surface area contributed by atoms with Crippen molar-refractivity contribution in [3.05, 3.63) is 35.6 Å². The number of nitrogens with zero attached hydrogens (tertiary/aromatic N) is 2. The molecule has 2 heterocycles. The van der Waals surface area contributed by atoms with E-state index in [0.29, 0.717) is 6.61 Å². The molecule has 1 unspecified atom stereocenters. The van der Waals surface area contributed by atoms with Gasteiger partial charge in [0.05, 0.1) is 18.3 Å². The van der Waals surface area contributed by atoms with E-state index in [2.05, 4.69) is 4.90 Å². The second kappa shape index (κ2) is 7.81. The Balaban J connectivity index is 1.44. The van der Waals surface area contributed by atoms with Crippen LogP contribution in [0.2, 0.25) is 0 Å². The molecule has 2 aliphatic rings. The molecule has 3 rings (SSSR count). The highest BCUT2D eigenvalue weighted by atomic mass is 19.1. The van der Waals surface area contributed by atoms with Crippen molar-refractivity contribution in [3.8, 4) is 0 Å². The molecule has 0 bridgehead atoms. The van der Waals surface area contributed by atoms with Crippen LogP contribution >= 0.6 is 0 Å². The highest BCUT2D eigenvalue weighted by molar-refractivity contribution is 5.76. The van der Waals surface area contributed by atoms with Gasteiger partial charge in [-0.1, -0.05) is 12.1 Å². The monoisotopic (exact) mass is 350 g/mol. The van der Waals surface area contributed by atoms with Gasteiger partial charge in [0.15, 0.2) is 0 Å². The lowest BCUT2D eigenvalue weighted by Gasteiger charge is -2.38. The van der Waals surface area contributed by atoms with Crippen LogP contribution in [0.25, 0.3) is 0 Å². The van der Waals surface area contributed by atoms with Gasteiger partial charge in [0.25, 0.3) is 0 Å². The number of benzene rings is 1. The largest absolute Gasteiger partial charge is 0.372 e. The first-order valence-corrected chi connectivity index (χ1v) is 8.88. The van der Waals surface area contributed by atoms with Crippen molar-refractivity contribution in [1.82, 2.24) is 9.80 Å². The van der Waals surface area contributed by atoms with Crippen molar-refractivity contribution in [2.75, 3.05) is 40.4 Å². The van der Waals surface area contributed by atoms with Crippen LogP contribution in [0.4, 0.5) is 4.39 Å². The van der Waals surface area contributed by atoms with Crippen LogP contribution in [0.3, 0.4) is 0 Å². The van der Waals surface area contributed by atoms with Crippen LogP contribution in [0.5, 0.6) is 0 Å². The van der Waals surface area contributed by atoms with Gasteiger partial charge in [-0.25, -0.2) is 4.39 Å². The van der Waals surface area contributed by atoms with Gasteiger partial charge in [0.2, 0.25) is 5.91 Å². The molecule has 1 amide bonds. The molecule has 2 aliphatic heterocycles. The highest BCUT2D eigenvalue weighted by Crippen LogP contribution is 2.37. The van der Waals surface area contributed by atoms with E-state index in [1.165, 1.54) is 12.1 Å². The molecule has 1 aromatic carbocycles. The fraction of sp³-hybridized carbons (Fsp3) is 0.632. The fourth-order valence-electron chi connectivity index (χ4n) is 3.54. The van der Waals surface area contributed by atoms with E-state index in [1.807, 2.05) is 12.1 Å². The first-order chi connectivity index (χ1) is 12.0. The number of carbonyl (C=O) groups excluding carboxylic acids is 1. The van der Waals surface area contributed by atoms with Crippen LogP contribution < -0.4 is 0 Å². The van der Waals surface area contributed by atoms with Crippen molar-refractivity contribution < 1.29 is 18.7 Å². The van der Waals surface area contributed by atoms with Gasteiger partial charge in [-0.05, 0) is 30.5 Å². The smallest absolute Gasteiger partial charge is 0.248 e. The number of ether oxygens (including phenoxy) is 2. The van der Waals surface area contributed by atoms with Gasteiger partial charge in [0, 0.05) is 40.2 Å². The number of piperidine rings is 1. The lowest BCUT2D eigenvalue weighted by molar-refractivity contribution is -0.135. The predicted octanol–water partition coefficient (Wildman–Crippen LogP) is 2.05. The Labute approximate surface area is 148 Å². The van der Waals surface area contributed by atoms with Crippen LogP contribution in [-0.4, -0.2) is 67.8 Å². The first kappa shape index (κ1) is 18.3. The number of rotatable bonds is 5. The van der Waals surface area contributed by atoms with Gasteiger partial charge in [-0.15, -0.1) is 0 Å². The first-order valence-electron chi connectivity index (χ1n) is 8.88. The number of likely N-dealkylation sites (tertiary alicyclic amines) is 1. The summed E-state index contributed by atoms with van der Waals surface area (Å²) in [6.07, 6.45) is 2.80. The molecule has 0 aliphatic carbocycles. The van der Waals surface area contributed by atoms with Gasteiger partial charge in [0.1, 0.15) is 12.4 Å². The van der Waals surface area contributed by atoms with E-state index in [0.717, 1.165) is 44.5 Å². The SMILES string of the molecule is CN(C)C(=O)COC1COC2(CCN(Cc3ccc(F)cc3)CC2)C1. The minimum absolute atomic E-state index is 0.00699. The zero-order chi connectivity index (χ0) is 17.9. The molecule has 2 saturated heterocycles. The molecular formula is C19H27FN2O3. The molecule has 25 heavy (non-hydrogen) atoms. The number of carbonyl (C=O) groups is 1. The van der Waals surface area contributed by atoms with Crippen LogP contribution in [0, 0.1) is 5.82 Å². The Bertz CT molecular complexity index is 583. The standard InChI is InChI=1S/C19H27FN2O3/c1-21(2)18(23)14-24-17-11-19(25-13-17)7-9-22(10-8-19)12-15-3-5-16(20)6-4-15/h3-6,17H,7-14H2,1-2H3. The summed E-state index contributed by atoms with van der Waals surface area (Å²) in [5, 5.41) is 0. The minimum Gasteiger partial charge on any atom is -0.372 e. The molecule has 5 nitrogen and oxygen atoms in total. The predicted molar refractivity (Wildman–Crippen MR) is 92.6 cm³/mol. The summed E-state index contributed by atoms with van der Waals surface area (Å²) in [4.78, 5) is 15.6. The van der Waals surface area contributed by atoms with Crippen molar-refractivity contribution in [2.45, 2.75) is 37.5 Å². The Morgan fingerprint density at radius 2 is 2.00 bits per heavy atom. The summed E-state index contributed by atoms with van der Waals surface area (Å²) < 4.78 is 24.8. The summed E-state index contributed by atoms with van der Waals surface area (Å²) >= 11 is 0. The van der Waals surface area contributed by atoms with E-state index in [-0.39, 0.29) is 30.0 Å². The summed E-state index contributed by atoms with van der Waals surface area (Å²) in [6.45, 7) is 3.45. The molecular weight excluding hydrogens is 323 g/mol. The maximum absolute atomic E-state index is 13.0. The van der Waals surface area contributed by atoms with Crippen molar-refractivity contribution in [1.29, 1.82) is 0 Å². The average Bonchev–Trinajstić information content (AvgIpc) is 3.00. The maximum atomic E-state index is 13.0. The van der Waals surface area contributed by atoms with E-state index in [9.17, 15) is 9.18 Å². The number of hydrogen-bond donors (Lipinski definition) is 0. The third kappa shape index (κ3) is 4.77. The van der Waals surface area contributed by atoms with Gasteiger partial charge in [-0.3, -0.25) is 9.69 Å². The Morgan fingerprint density at radius 3 is 2.64 bits per heavy atom. The van der Waals surface area contributed by atoms with Crippen LogP contribution in [0.15, 0.2) is 24.3 Å². The van der Waals surface area contributed by atoms with E-state index in [1.54, 1.807) is 19.0 Å². The quantitative estimate of drug-likeness (QED) is 0.815. The molecule has 2 fully saturated rings. The lowest BCUT2D eigenvalue weighted by Crippen LogP contribution is -2.44. The van der Waals surface area contributed by atoms with E-state index < -0.39 is 0 Å². The minimum atomic E-state index is -0.195. The Hall–Kier alpha value is -1.50. The molecule has 1 atom stereocenters. The Morgan fingerprint density at radius 1 is 1.32 bits per heavy atom. The molecule has 0 radical (unpaired) electrons. The summed E-state index contributed by atoms with van der Waals surface area (Å²) in [5.41, 5.74) is 1.03. The van der Waals surface area contributed by atoms with Gasteiger partial charge in [-0.2, -0.15) is 0 Å². The second-order valence-corrected chi connectivity index (χ2v) is 7.32. The van der Waals surface area contributed by atoms with Gasteiger partial charge < -0.3 is 14.4 Å². The van der Waals surface area contributed by atoms with Gasteiger partial charge >= 0.3 is 0 Å². The van der Waals surface area contributed by atoms with Crippen molar-refractivity contribution >= 4 is 5.91 Å². The average molecular weight is 350 g/mol. The topological polar surface area (TPSA) is 42.0 Å². The molecule has 1 aromatic rings. The Kier molecular flexibility index (Phi) is 5.71. The van der Waals surface area contributed by atoms with Crippen molar-refractivity contribution in [2.24, 2.45) is 0 Å². The zero-order valence-electron chi connectivity index (χ0n) is 15.0. The number of hydrogen-bond acceptors (Lipinski definition) is 4. The molecule has 6 heteroatoms. The van der Waals surface area contributed by atoms with E-state index in [4.69, 9.17) is 9.47 Å². The summed E-state index contributed by atoms with van der Waals surface area (Å²) in [7, 11) is 3.46. The fourth-order valence-corrected chi connectivity index (χ4v) is 3.54. The summed E-state index contributed by atoms with van der Waals surface area (Å²) in [5.74, 6) is -0.213. The van der Waals surface area contributed by atoms with Crippen LogP contribution in [-0.2, 0) is 20.8 Å².